The van der Waals surface area contributed by atoms with Gasteiger partial charge in [0, 0.05) is 18.0 Å². The van der Waals surface area contributed by atoms with E-state index in [2.05, 4.69) is 11.3 Å². The zero-order valence-corrected chi connectivity index (χ0v) is 17.2. The van der Waals surface area contributed by atoms with Gasteiger partial charge in [-0.1, -0.05) is 24.8 Å². The smallest absolute Gasteiger partial charge is 0.373 e. The third-order valence-corrected chi connectivity index (χ3v) is 4.99. The van der Waals surface area contributed by atoms with Crippen molar-refractivity contribution >= 4 is 17.8 Å². The van der Waals surface area contributed by atoms with Crippen molar-refractivity contribution < 1.29 is 32.7 Å². The molecule has 2 heterocycles. The van der Waals surface area contributed by atoms with Crippen LogP contribution in [-0.2, 0) is 25.6 Å². The van der Waals surface area contributed by atoms with Crippen molar-refractivity contribution in [1.82, 2.24) is 4.90 Å². The highest BCUT2D eigenvalue weighted by atomic mass is 19.1. The van der Waals surface area contributed by atoms with Crippen LogP contribution in [-0.4, -0.2) is 36.5 Å². The summed E-state index contributed by atoms with van der Waals surface area (Å²) in [6.45, 7) is 5.17. The lowest BCUT2D eigenvalue weighted by Gasteiger charge is -2.34. The number of furan rings is 1. The lowest BCUT2D eigenvalue weighted by Crippen LogP contribution is -2.38. The van der Waals surface area contributed by atoms with Crippen LogP contribution in [0.2, 0.25) is 0 Å². The van der Waals surface area contributed by atoms with E-state index < -0.39 is 23.7 Å². The molecule has 1 amide bonds. The largest absolute Gasteiger partial charge is 0.463 e. The van der Waals surface area contributed by atoms with E-state index >= 15 is 0 Å². The number of rotatable bonds is 7. The SMILES string of the molecule is C=CCOC(=O)C1=C(C)N(Cc2ccc(C(=O)OC)o2)C(=O)C[C@H]1c1cccc(F)c1. The molecule has 1 aromatic heterocycles. The maximum Gasteiger partial charge on any atom is 0.373 e. The van der Waals surface area contributed by atoms with Crippen LogP contribution in [0.5, 0.6) is 0 Å². The molecule has 1 aliphatic rings. The molecule has 8 heteroatoms. The Morgan fingerprint density at radius 2 is 2.06 bits per heavy atom. The van der Waals surface area contributed by atoms with Crippen LogP contribution < -0.4 is 0 Å². The molecule has 0 aliphatic carbocycles. The molecule has 0 unspecified atom stereocenters. The number of carbonyl (C=O) groups excluding carboxylic acids is 3. The number of methoxy groups -OCH3 is 1. The molecule has 7 nitrogen and oxygen atoms in total. The third-order valence-electron chi connectivity index (χ3n) is 4.99. The minimum absolute atomic E-state index is 0.000103. The second-order valence-electron chi connectivity index (χ2n) is 6.94. The van der Waals surface area contributed by atoms with Crippen molar-refractivity contribution in [3.63, 3.8) is 0 Å². The number of nitrogens with zero attached hydrogens (tertiary/aromatic N) is 1. The third kappa shape index (κ3) is 4.74. The molecular formula is C23H22FNO6. The van der Waals surface area contributed by atoms with Crippen molar-refractivity contribution in [3.05, 3.63) is 83.2 Å². The van der Waals surface area contributed by atoms with Gasteiger partial charge in [-0.15, -0.1) is 0 Å². The Morgan fingerprint density at radius 1 is 1.29 bits per heavy atom. The molecule has 1 atom stereocenters. The van der Waals surface area contributed by atoms with Crippen molar-refractivity contribution in [2.75, 3.05) is 13.7 Å². The van der Waals surface area contributed by atoms with E-state index in [0.717, 1.165) is 0 Å². The molecule has 31 heavy (non-hydrogen) atoms. The monoisotopic (exact) mass is 427 g/mol. The van der Waals surface area contributed by atoms with Crippen molar-refractivity contribution in [2.45, 2.75) is 25.8 Å². The molecule has 3 rings (SSSR count). The Hall–Kier alpha value is -3.68. The summed E-state index contributed by atoms with van der Waals surface area (Å²) < 4.78 is 29.1. The minimum atomic E-state index is -0.654. The number of carbonyl (C=O) groups is 3. The van der Waals surface area contributed by atoms with E-state index in [1.807, 2.05) is 0 Å². The number of esters is 2. The van der Waals surface area contributed by atoms with Crippen LogP contribution >= 0.6 is 0 Å². The molecule has 0 bridgehead atoms. The van der Waals surface area contributed by atoms with Gasteiger partial charge < -0.3 is 18.8 Å². The van der Waals surface area contributed by atoms with E-state index in [1.165, 1.54) is 42.4 Å². The highest BCUT2D eigenvalue weighted by molar-refractivity contribution is 5.96. The van der Waals surface area contributed by atoms with E-state index in [4.69, 9.17) is 9.15 Å². The van der Waals surface area contributed by atoms with Gasteiger partial charge in [-0.25, -0.2) is 14.0 Å². The number of ether oxygens (including phenoxy) is 2. The fourth-order valence-electron chi connectivity index (χ4n) is 3.52. The summed E-state index contributed by atoms with van der Waals surface area (Å²) in [5, 5.41) is 0. The van der Waals surface area contributed by atoms with Crippen LogP contribution in [0.1, 0.15) is 41.1 Å². The Morgan fingerprint density at radius 3 is 2.74 bits per heavy atom. The van der Waals surface area contributed by atoms with Crippen LogP contribution in [0, 0.1) is 5.82 Å². The predicted octanol–water partition coefficient (Wildman–Crippen LogP) is 3.72. The van der Waals surface area contributed by atoms with Gasteiger partial charge >= 0.3 is 11.9 Å². The quantitative estimate of drug-likeness (QED) is 0.495. The molecule has 0 fully saturated rings. The summed E-state index contributed by atoms with van der Waals surface area (Å²) in [5.74, 6) is -2.29. The van der Waals surface area contributed by atoms with Crippen molar-refractivity contribution in [2.24, 2.45) is 0 Å². The summed E-state index contributed by atoms with van der Waals surface area (Å²) >= 11 is 0. The molecular weight excluding hydrogens is 405 g/mol. The topological polar surface area (TPSA) is 86.1 Å². The summed E-state index contributed by atoms with van der Waals surface area (Å²) in [6, 6.07) is 8.80. The average Bonchev–Trinajstić information content (AvgIpc) is 3.22. The molecule has 0 radical (unpaired) electrons. The summed E-state index contributed by atoms with van der Waals surface area (Å²) in [5.41, 5.74) is 1.13. The van der Waals surface area contributed by atoms with Gasteiger partial charge in [0.15, 0.2) is 0 Å². The molecule has 0 saturated carbocycles. The molecule has 1 aromatic carbocycles. The average molecular weight is 427 g/mol. The Labute approximate surface area is 178 Å². The first-order valence-electron chi connectivity index (χ1n) is 9.57. The first-order chi connectivity index (χ1) is 14.8. The molecule has 0 spiro atoms. The summed E-state index contributed by atoms with van der Waals surface area (Å²) in [7, 11) is 1.24. The van der Waals surface area contributed by atoms with E-state index in [0.29, 0.717) is 17.0 Å². The molecule has 2 aromatic rings. The van der Waals surface area contributed by atoms with E-state index in [9.17, 15) is 18.8 Å². The Bertz CT molecular complexity index is 1050. The molecule has 0 saturated heterocycles. The van der Waals surface area contributed by atoms with Crippen LogP contribution in [0.15, 0.2) is 64.7 Å². The Kier molecular flexibility index (Phi) is 6.69. The molecule has 0 N–H and O–H groups in total. The van der Waals surface area contributed by atoms with Gasteiger partial charge in [-0.05, 0) is 36.8 Å². The van der Waals surface area contributed by atoms with Crippen LogP contribution in [0.4, 0.5) is 4.39 Å². The first kappa shape index (κ1) is 22.0. The lowest BCUT2D eigenvalue weighted by atomic mass is 9.83. The summed E-state index contributed by atoms with van der Waals surface area (Å²) in [4.78, 5) is 38.8. The van der Waals surface area contributed by atoms with E-state index in [-0.39, 0.29) is 36.8 Å². The van der Waals surface area contributed by atoms with E-state index in [1.54, 1.807) is 19.1 Å². The van der Waals surface area contributed by atoms with Gasteiger partial charge in [-0.2, -0.15) is 0 Å². The first-order valence-corrected chi connectivity index (χ1v) is 9.57. The number of halogens is 1. The molecule has 162 valence electrons. The molecule has 1 aliphatic heterocycles. The van der Waals surface area contributed by atoms with Gasteiger partial charge in [-0.3, -0.25) is 4.79 Å². The normalized spacial score (nSPS) is 16.3. The summed E-state index contributed by atoms with van der Waals surface area (Å²) in [6.07, 6.45) is 1.39. The van der Waals surface area contributed by atoms with Gasteiger partial charge in [0.1, 0.15) is 18.2 Å². The Balaban J connectivity index is 1.98. The number of benzene rings is 1. The predicted molar refractivity (Wildman–Crippen MR) is 108 cm³/mol. The second-order valence-corrected chi connectivity index (χ2v) is 6.94. The lowest BCUT2D eigenvalue weighted by molar-refractivity contribution is -0.139. The second kappa shape index (κ2) is 9.42. The fraction of sp³-hybridized carbons (Fsp3) is 0.261. The zero-order valence-electron chi connectivity index (χ0n) is 17.2. The maximum absolute atomic E-state index is 13.8. The number of hydrogen-bond donors (Lipinski definition) is 0. The number of amides is 1. The van der Waals surface area contributed by atoms with Gasteiger partial charge in [0.05, 0.1) is 19.2 Å². The fourth-order valence-corrected chi connectivity index (χ4v) is 3.52. The number of allylic oxidation sites excluding steroid dienone is 1. The minimum Gasteiger partial charge on any atom is -0.463 e. The van der Waals surface area contributed by atoms with Crippen molar-refractivity contribution in [1.29, 1.82) is 0 Å². The number of hydrogen-bond acceptors (Lipinski definition) is 6. The van der Waals surface area contributed by atoms with Gasteiger partial charge in [0.2, 0.25) is 11.7 Å². The van der Waals surface area contributed by atoms with Gasteiger partial charge in [0.25, 0.3) is 0 Å². The highest BCUT2D eigenvalue weighted by Gasteiger charge is 2.37. The van der Waals surface area contributed by atoms with Crippen LogP contribution in [0.3, 0.4) is 0 Å². The van der Waals surface area contributed by atoms with Crippen LogP contribution in [0.25, 0.3) is 0 Å². The highest BCUT2D eigenvalue weighted by Crippen LogP contribution is 2.38. The van der Waals surface area contributed by atoms with Crippen molar-refractivity contribution in [3.8, 4) is 0 Å². The maximum atomic E-state index is 13.8. The zero-order chi connectivity index (χ0) is 22.5. The standard InChI is InChI=1S/C23H22FNO6/c1-4-10-30-23(28)21-14(2)25(13-17-8-9-19(31-17)22(27)29-3)20(26)12-18(21)15-6-5-7-16(24)11-15/h4-9,11,18H,1,10,12-13H2,2-3H3/t18-/m0/s1.